The zero-order valence-corrected chi connectivity index (χ0v) is 15.0. The number of halogens is 3. The average molecular weight is 385 g/mol. The standard InChI is InChI=1S/C21H18F3N3O/c22-14-4-1-3-13(11-14)9-10-25-21(28)20-16-5-2-6-19(16)27(26-20)15-7-8-17(23)18(24)12-15/h1,3-4,7-8,11-12H,2,5-6,9-10H2,(H,25,28). The topological polar surface area (TPSA) is 46.9 Å². The second-order valence-corrected chi connectivity index (χ2v) is 6.77. The van der Waals surface area contributed by atoms with E-state index in [9.17, 15) is 18.0 Å². The predicted octanol–water partition coefficient (Wildman–Crippen LogP) is 3.75. The van der Waals surface area contributed by atoms with E-state index >= 15 is 0 Å². The molecule has 144 valence electrons. The zero-order chi connectivity index (χ0) is 19.7. The van der Waals surface area contributed by atoms with E-state index in [0.29, 0.717) is 30.8 Å². The van der Waals surface area contributed by atoms with Gasteiger partial charge in [0.2, 0.25) is 0 Å². The normalized spacial score (nSPS) is 12.8. The number of carbonyl (C=O) groups is 1. The molecule has 3 aromatic rings. The average Bonchev–Trinajstić information content (AvgIpc) is 3.27. The molecule has 0 spiro atoms. The minimum absolute atomic E-state index is 0.302. The summed E-state index contributed by atoms with van der Waals surface area (Å²) < 4.78 is 41.6. The number of hydrogen-bond donors (Lipinski definition) is 1. The van der Waals surface area contributed by atoms with Crippen LogP contribution in [0.2, 0.25) is 0 Å². The summed E-state index contributed by atoms with van der Waals surface area (Å²) in [5, 5.41) is 7.18. The quantitative estimate of drug-likeness (QED) is 0.727. The molecule has 7 heteroatoms. The summed E-state index contributed by atoms with van der Waals surface area (Å²) in [6.45, 7) is 0.342. The van der Waals surface area contributed by atoms with Gasteiger partial charge in [0, 0.05) is 23.9 Å². The number of rotatable bonds is 5. The van der Waals surface area contributed by atoms with Crippen molar-refractivity contribution in [2.45, 2.75) is 25.7 Å². The molecule has 0 atom stereocenters. The van der Waals surface area contributed by atoms with E-state index in [0.717, 1.165) is 41.8 Å². The predicted molar refractivity (Wildman–Crippen MR) is 97.9 cm³/mol. The molecule has 0 saturated carbocycles. The van der Waals surface area contributed by atoms with E-state index < -0.39 is 11.6 Å². The van der Waals surface area contributed by atoms with E-state index in [1.807, 2.05) is 0 Å². The number of amides is 1. The lowest BCUT2D eigenvalue weighted by Crippen LogP contribution is -2.27. The van der Waals surface area contributed by atoms with Gasteiger partial charge < -0.3 is 5.32 Å². The fourth-order valence-electron chi connectivity index (χ4n) is 3.55. The molecule has 1 N–H and O–H groups in total. The third-order valence-electron chi connectivity index (χ3n) is 4.88. The molecule has 1 amide bonds. The lowest BCUT2D eigenvalue weighted by Gasteiger charge is -2.06. The van der Waals surface area contributed by atoms with Crippen molar-refractivity contribution in [3.05, 3.63) is 82.4 Å². The molecule has 28 heavy (non-hydrogen) atoms. The Morgan fingerprint density at radius 2 is 1.93 bits per heavy atom. The summed E-state index contributed by atoms with van der Waals surface area (Å²) in [5.41, 5.74) is 3.17. The Morgan fingerprint density at radius 3 is 2.71 bits per heavy atom. The van der Waals surface area contributed by atoms with Crippen LogP contribution in [0.4, 0.5) is 13.2 Å². The lowest BCUT2D eigenvalue weighted by atomic mass is 10.1. The van der Waals surface area contributed by atoms with Crippen molar-refractivity contribution in [3.8, 4) is 5.69 Å². The van der Waals surface area contributed by atoms with Gasteiger partial charge in [-0.2, -0.15) is 5.10 Å². The van der Waals surface area contributed by atoms with Crippen molar-refractivity contribution in [1.29, 1.82) is 0 Å². The maximum Gasteiger partial charge on any atom is 0.272 e. The summed E-state index contributed by atoms with van der Waals surface area (Å²) in [4.78, 5) is 12.6. The van der Waals surface area contributed by atoms with Crippen LogP contribution in [-0.4, -0.2) is 22.2 Å². The number of hydrogen-bond acceptors (Lipinski definition) is 2. The lowest BCUT2D eigenvalue weighted by molar-refractivity contribution is 0.0948. The maximum absolute atomic E-state index is 13.6. The van der Waals surface area contributed by atoms with Crippen molar-refractivity contribution in [2.24, 2.45) is 0 Å². The van der Waals surface area contributed by atoms with Crippen molar-refractivity contribution >= 4 is 5.91 Å². The van der Waals surface area contributed by atoms with Crippen molar-refractivity contribution < 1.29 is 18.0 Å². The molecule has 1 aliphatic carbocycles. The second kappa shape index (κ2) is 7.50. The molecule has 4 nitrogen and oxygen atoms in total. The van der Waals surface area contributed by atoms with Gasteiger partial charge in [-0.15, -0.1) is 0 Å². The first kappa shape index (κ1) is 18.3. The number of nitrogens with one attached hydrogen (secondary N) is 1. The summed E-state index contributed by atoms with van der Waals surface area (Å²) in [6, 6.07) is 9.79. The van der Waals surface area contributed by atoms with Gasteiger partial charge in [0.1, 0.15) is 5.82 Å². The van der Waals surface area contributed by atoms with E-state index in [1.54, 1.807) is 12.1 Å². The molecule has 0 bridgehead atoms. The molecule has 0 radical (unpaired) electrons. The van der Waals surface area contributed by atoms with E-state index in [4.69, 9.17) is 0 Å². The molecule has 2 aromatic carbocycles. The van der Waals surface area contributed by atoms with Crippen LogP contribution in [0.5, 0.6) is 0 Å². The Morgan fingerprint density at radius 1 is 1.07 bits per heavy atom. The van der Waals surface area contributed by atoms with E-state index in [-0.39, 0.29) is 11.7 Å². The van der Waals surface area contributed by atoms with Gasteiger partial charge >= 0.3 is 0 Å². The highest BCUT2D eigenvalue weighted by atomic mass is 19.2. The van der Waals surface area contributed by atoms with Gasteiger partial charge in [0.25, 0.3) is 5.91 Å². The molecule has 0 aliphatic heterocycles. The van der Waals surface area contributed by atoms with Crippen LogP contribution in [0.1, 0.15) is 33.7 Å². The first-order valence-electron chi connectivity index (χ1n) is 9.12. The SMILES string of the molecule is O=C(NCCc1cccc(F)c1)c1nn(-c2ccc(F)c(F)c2)c2c1CCC2. The molecule has 1 aliphatic rings. The van der Waals surface area contributed by atoms with Crippen LogP contribution in [0.3, 0.4) is 0 Å². The summed E-state index contributed by atoms with van der Waals surface area (Å²) in [5.74, 6) is -2.52. The Bertz CT molecular complexity index is 1050. The maximum atomic E-state index is 13.6. The number of nitrogens with zero attached hydrogens (tertiary/aromatic N) is 2. The van der Waals surface area contributed by atoms with E-state index in [2.05, 4.69) is 10.4 Å². The van der Waals surface area contributed by atoms with Crippen LogP contribution in [0.15, 0.2) is 42.5 Å². The molecule has 4 rings (SSSR count). The molecule has 0 unspecified atom stereocenters. The number of aromatic nitrogens is 2. The monoisotopic (exact) mass is 385 g/mol. The van der Waals surface area contributed by atoms with Crippen molar-refractivity contribution in [3.63, 3.8) is 0 Å². The number of carbonyl (C=O) groups excluding carboxylic acids is 1. The van der Waals surface area contributed by atoms with E-state index in [1.165, 1.54) is 22.9 Å². The minimum Gasteiger partial charge on any atom is -0.350 e. The fraction of sp³-hybridized carbons (Fsp3) is 0.238. The van der Waals surface area contributed by atoms with Gasteiger partial charge in [-0.1, -0.05) is 12.1 Å². The first-order chi connectivity index (χ1) is 13.5. The minimum atomic E-state index is -0.958. The Balaban J connectivity index is 1.53. The van der Waals surface area contributed by atoms with Crippen LogP contribution in [0, 0.1) is 17.5 Å². The zero-order valence-electron chi connectivity index (χ0n) is 15.0. The Kier molecular flexibility index (Phi) is 4.90. The molecule has 1 aromatic heterocycles. The number of benzene rings is 2. The summed E-state index contributed by atoms with van der Waals surface area (Å²) >= 11 is 0. The molecular weight excluding hydrogens is 367 g/mol. The van der Waals surface area contributed by atoms with Crippen LogP contribution < -0.4 is 5.32 Å². The Hall–Kier alpha value is -3.09. The molecule has 0 fully saturated rings. The smallest absolute Gasteiger partial charge is 0.272 e. The third-order valence-corrected chi connectivity index (χ3v) is 4.88. The summed E-state index contributed by atoms with van der Waals surface area (Å²) in [7, 11) is 0. The fourth-order valence-corrected chi connectivity index (χ4v) is 3.55. The van der Waals surface area contributed by atoms with Gasteiger partial charge in [-0.25, -0.2) is 17.9 Å². The summed E-state index contributed by atoms with van der Waals surface area (Å²) in [6.07, 6.45) is 2.81. The highest BCUT2D eigenvalue weighted by Crippen LogP contribution is 2.28. The van der Waals surface area contributed by atoms with Gasteiger partial charge in [-0.3, -0.25) is 4.79 Å². The van der Waals surface area contributed by atoms with Gasteiger partial charge in [0.05, 0.1) is 5.69 Å². The van der Waals surface area contributed by atoms with Crippen molar-refractivity contribution in [2.75, 3.05) is 6.54 Å². The first-order valence-corrected chi connectivity index (χ1v) is 9.12. The Labute approximate surface area is 160 Å². The van der Waals surface area contributed by atoms with Crippen molar-refractivity contribution in [1.82, 2.24) is 15.1 Å². The highest BCUT2D eigenvalue weighted by Gasteiger charge is 2.27. The van der Waals surface area contributed by atoms with Crippen LogP contribution in [0.25, 0.3) is 5.69 Å². The van der Waals surface area contributed by atoms with Crippen LogP contribution >= 0.6 is 0 Å². The largest absolute Gasteiger partial charge is 0.350 e. The molecular formula is C21H18F3N3O. The second-order valence-electron chi connectivity index (χ2n) is 6.77. The third kappa shape index (κ3) is 3.52. The number of fused-ring (bicyclic) bond motifs is 1. The van der Waals surface area contributed by atoms with Crippen LogP contribution in [-0.2, 0) is 19.3 Å². The molecule has 0 saturated heterocycles. The highest BCUT2D eigenvalue weighted by molar-refractivity contribution is 5.94. The molecule has 1 heterocycles. The van der Waals surface area contributed by atoms with Gasteiger partial charge in [-0.05, 0) is 55.5 Å². The van der Waals surface area contributed by atoms with Gasteiger partial charge in [0.15, 0.2) is 17.3 Å².